The van der Waals surface area contributed by atoms with Gasteiger partial charge < -0.3 is 25.0 Å². The number of halogens is 1. The quantitative estimate of drug-likeness (QED) is 0.168. The lowest BCUT2D eigenvalue weighted by Gasteiger charge is -2.17. The number of aliphatic imine (C=N–C) groups is 1. The zero-order chi connectivity index (χ0) is 20.9. The minimum Gasteiger partial charge on any atom is -0.484 e. The molecule has 0 bridgehead atoms. The second-order valence-corrected chi connectivity index (χ2v) is 7.56. The predicted molar refractivity (Wildman–Crippen MR) is 132 cm³/mol. The molecule has 170 valence electrons. The van der Waals surface area contributed by atoms with Gasteiger partial charge in [-0.15, -0.1) is 24.0 Å². The van der Waals surface area contributed by atoms with Crippen LogP contribution in [0.1, 0.15) is 44.1 Å². The number of amides is 1. The first-order chi connectivity index (χ1) is 14.1. The first kappa shape index (κ1) is 26.5. The smallest absolute Gasteiger partial charge is 0.259 e. The van der Waals surface area contributed by atoms with Gasteiger partial charge in [0.25, 0.3) is 5.91 Å². The lowest BCUT2D eigenvalue weighted by molar-refractivity contribution is -0.130. The molecule has 8 heteroatoms. The van der Waals surface area contributed by atoms with Gasteiger partial charge in [0.15, 0.2) is 12.6 Å². The third-order valence-corrected chi connectivity index (χ3v) is 4.99. The van der Waals surface area contributed by atoms with E-state index in [0.29, 0.717) is 25.0 Å². The fourth-order valence-corrected chi connectivity index (χ4v) is 3.23. The lowest BCUT2D eigenvalue weighted by atomic mass is 10.1. The average Bonchev–Trinajstić information content (AvgIpc) is 3.00. The van der Waals surface area contributed by atoms with Gasteiger partial charge in [-0.05, 0) is 30.5 Å². The van der Waals surface area contributed by atoms with E-state index < -0.39 is 0 Å². The number of likely N-dealkylation sites (N-methyl/N-ethyl adjacent to an activating group) is 1. The Morgan fingerprint density at radius 3 is 2.57 bits per heavy atom. The van der Waals surface area contributed by atoms with Crippen molar-refractivity contribution in [3.63, 3.8) is 0 Å². The highest BCUT2D eigenvalue weighted by Gasteiger charge is 2.12. The summed E-state index contributed by atoms with van der Waals surface area (Å²) in [5, 5.41) is 6.59. The molecule has 0 radical (unpaired) electrons. The number of carbonyl (C=O) groups excluding carboxylic acids is 1. The number of benzene rings is 1. The number of hydrogen-bond donors (Lipinski definition) is 2. The molecule has 1 amide bonds. The summed E-state index contributed by atoms with van der Waals surface area (Å²) in [6.45, 7) is 2.07. The number of guanidine groups is 1. The van der Waals surface area contributed by atoms with Gasteiger partial charge in [-0.1, -0.05) is 37.8 Å². The van der Waals surface area contributed by atoms with Crippen molar-refractivity contribution in [1.29, 1.82) is 0 Å². The number of rotatable bonds is 9. The van der Waals surface area contributed by atoms with E-state index in [4.69, 9.17) is 9.47 Å². The van der Waals surface area contributed by atoms with Crippen LogP contribution in [0.3, 0.4) is 0 Å². The zero-order valence-corrected chi connectivity index (χ0v) is 20.8. The van der Waals surface area contributed by atoms with Crippen LogP contribution in [0.25, 0.3) is 0 Å². The molecule has 0 unspecified atom stereocenters. The van der Waals surface area contributed by atoms with Crippen LogP contribution in [0.15, 0.2) is 29.3 Å². The normalized spacial score (nSPS) is 15.0. The summed E-state index contributed by atoms with van der Waals surface area (Å²) in [5.41, 5.74) is 1.05. The van der Waals surface area contributed by atoms with Crippen molar-refractivity contribution in [1.82, 2.24) is 15.5 Å². The maximum absolute atomic E-state index is 11.7. The minimum absolute atomic E-state index is 0. The SMILES string of the molecule is CN=C(NCCOC1CCCCCC1)NCc1cccc(OCC(=O)N(C)C)c1.I. The van der Waals surface area contributed by atoms with E-state index in [1.54, 1.807) is 21.1 Å². The van der Waals surface area contributed by atoms with E-state index in [2.05, 4.69) is 15.6 Å². The number of ether oxygens (including phenoxy) is 2. The highest BCUT2D eigenvalue weighted by Crippen LogP contribution is 2.19. The van der Waals surface area contributed by atoms with E-state index in [1.165, 1.54) is 43.4 Å². The highest BCUT2D eigenvalue weighted by atomic mass is 127. The van der Waals surface area contributed by atoms with Gasteiger partial charge in [0.1, 0.15) is 5.75 Å². The number of carbonyl (C=O) groups is 1. The van der Waals surface area contributed by atoms with Crippen LogP contribution in [0.5, 0.6) is 5.75 Å². The summed E-state index contributed by atoms with van der Waals surface area (Å²) in [6.07, 6.45) is 8.04. The van der Waals surface area contributed by atoms with Crippen molar-refractivity contribution < 1.29 is 14.3 Å². The summed E-state index contributed by atoms with van der Waals surface area (Å²) in [5.74, 6) is 1.35. The van der Waals surface area contributed by atoms with Crippen LogP contribution in [0, 0.1) is 0 Å². The van der Waals surface area contributed by atoms with Gasteiger partial charge in [0, 0.05) is 34.2 Å². The molecule has 0 heterocycles. The van der Waals surface area contributed by atoms with Crippen LogP contribution in [0.4, 0.5) is 0 Å². The minimum atomic E-state index is -0.0656. The van der Waals surface area contributed by atoms with Gasteiger partial charge in [-0.2, -0.15) is 0 Å². The zero-order valence-electron chi connectivity index (χ0n) is 18.5. The van der Waals surface area contributed by atoms with Crippen LogP contribution in [0.2, 0.25) is 0 Å². The van der Waals surface area contributed by atoms with E-state index in [-0.39, 0.29) is 36.5 Å². The van der Waals surface area contributed by atoms with Crippen molar-refractivity contribution in [3.05, 3.63) is 29.8 Å². The number of nitrogens with one attached hydrogen (secondary N) is 2. The van der Waals surface area contributed by atoms with Gasteiger partial charge >= 0.3 is 0 Å². The molecule has 1 saturated carbocycles. The summed E-state index contributed by atoms with van der Waals surface area (Å²) in [4.78, 5) is 17.4. The van der Waals surface area contributed by atoms with Crippen molar-refractivity contribution in [2.24, 2.45) is 4.99 Å². The lowest BCUT2D eigenvalue weighted by Crippen LogP contribution is -2.38. The molecule has 1 aliphatic rings. The Morgan fingerprint density at radius 2 is 1.90 bits per heavy atom. The third-order valence-electron chi connectivity index (χ3n) is 4.99. The molecule has 2 rings (SSSR count). The highest BCUT2D eigenvalue weighted by molar-refractivity contribution is 14.0. The monoisotopic (exact) mass is 532 g/mol. The Kier molecular flexibility index (Phi) is 13.5. The Morgan fingerprint density at radius 1 is 1.17 bits per heavy atom. The molecule has 1 aliphatic carbocycles. The second kappa shape index (κ2) is 15.3. The van der Waals surface area contributed by atoms with Gasteiger partial charge in [-0.3, -0.25) is 9.79 Å². The van der Waals surface area contributed by atoms with Gasteiger partial charge in [0.2, 0.25) is 0 Å². The maximum atomic E-state index is 11.7. The largest absolute Gasteiger partial charge is 0.484 e. The molecule has 0 aliphatic heterocycles. The Bertz CT molecular complexity index is 647. The third kappa shape index (κ3) is 10.5. The first-order valence-electron chi connectivity index (χ1n) is 10.6. The van der Waals surface area contributed by atoms with E-state index in [0.717, 1.165) is 18.1 Å². The Labute approximate surface area is 198 Å². The van der Waals surface area contributed by atoms with Gasteiger partial charge in [0.05, 0.1) is 12.7 Å². The molecule has 30 heavy (non-hydrogen) atoms. The van der Waals surface area contributed by atoms with E-state index in [9.17, 15) is 4.79 Å². The van der Waals surface area contributed by atoms with Crippen molar-refractivity contribution in [2.45, 2.75) is 51.2 Å². The molecule has 2 N–H and O–H groups in total. The topological polar surface area (TPSA) is 75.2 Å². The van der Waals surface area contributed by atoms with Crippen molar-refractivity contribution in [2.75, 3.05) is 40.9 Å². The van der Waals surface area contributed by atoms with Crippen LogP contribution in [-0.4, -0.2) is 63.8 Å². The Hall–Kier alpha value is -1.55. The molecule has 0 saturated heterocycles. The van der Waals surface area contributed by atoms with Gasteiger partial charge in [-0.25, -0.2) is 0 Å². The molecule has 0 aromatic heterocycles. The summed E-state index contributed by atoms with van der Waals surface area (Å²) >= 11 is 0. The molecule has 0 spiro atoms. The average molecular weight is 532 g/mol. The molecule has 7 nitrogen and oxygen atoms in total. The molecule has 0 atom stereocenters. The van der Waals surface area contributed by atoms with E-state index in [1.807, 2.05) is 24.3 Å². The Balaban J connectivity index is 0.00000450. The molecule has 1 fully saturated rings. The van der Waals surface area contributed by atoms with Crippen molar-refractivity contribution >= 4 is 35.8 Å². The van der Waals surface area contributed by atoms with E-state index >= 15 is 0 Å². The summed E-state index contributed by atoms with van der Waals surface area (Å²) in [6, 6.07) is 7.71. The fourth-order valence-electron chi connectivity index (χ4n) is 3.23. The number of hydrogen-bond acceptors (Lipinski definition) is 4. The molecular weight excluding hydrogens is 495 g/mol. The second-order valence-electron chi connectivity index (χ2n) is 7.56. The van der Waals surface area contributed by atoms with Crippen LogP contribution < -0.4 is 15.4 Å². The first-order valence-corrected chi connectivity index (χ1v) is 10.6. The van der Waals surface area contributed by atoms with Crippen molar-refractivity contribution in [3.8, 4) is 5.75 Å². The fraction of sp³-hybridized carbons (Fsp3) is 0.636. The molecule has 1 aromatic rings. The van der Waals surface area contributed by atoms with Crippen LogP contribution in [-0.2, 0) is 16.1 Å². The summed E-state index contributed by atoms with van der Waals surface area (Å²) < 4.78 is 11.6. The standard InChI is InChI=1S/C22H36N4O3.HI/c1-23-22(24-13-14-28-19-10-6-4-5-7-11-19)25-16-18-9-8-12-20(15-18)29-17-21(27)26(2)3;/h8-9,12,15,19H,4-7,10-11,13-14,16-17H2,1-3H3,(H2,23,24,25);1H. The molecule has 1 aromatic carbocycles. The summed E-state index contributed by atoms with van der Waals surface area (Å²) in [7, 11) is 5.19. The molecular formula is C22H37IN4O3. The maximum Gasteiger partial charge on any atom is 0.259 e. The number of nitrogens with zero attached hydrogens (tertiary/aromatic N) is 2. The predicted octanol–water partition coefficient (Wildman–Crippen LogP) is 3.18. The van der Waals surface area contributed by atoms with Crippen LogP contribution >= 0.6 is 24.0 Å².